The molecule has 96 valence electrons. The molecular weight excluding hydrogens is 230 g/mol. The Morgan fingerprint density at radius 2 is 2.06 bits per heavy atom. The van der Waals surface area contributed by atoms with E-state index in [4.69, 9.17) is 4.98 Å². The largest absolute Gasteiger partial charge is 0.306 e. The van der Waals surface area contributed by atoms with E-state index in [1.54, 1.807) is 11.3 Å². The van der Waals surface area contributed by atoms with Gasteiger partial charge in [-0.15, -0.1) is 11.3 Å². The van der Waals surface area contributed by atoms with Crippen LogP contribution < -0.4 is 5.32 Å². The summed E-state index contributed by atoms with van der Waals surface area (Å²) >= 11 is 1.81. The highest BCUT2D eigenvalue weighted by Gasteiger charge is 2.38. The highest BCUT2D eigenvalue weighted by Crippen LogP contribution is 2.34. The molecule has 2 heterocycles. The van der Waals surface area contributed by atoms with E-state index in [2.05, 4.69) is 43.4 Å². The number of likely N-dealkylation sites (tertiary alicyclic amines) is 1. The van der Waals surface area contributed by atoms with Gasteiger partial charge in [0, 0.05) is 30.2 Å². The van der Waals surface area contributed by atoms with E-state index in [9.17, 15) is 0 Å². The van der Waals surface area contributed by atoms with Gasteiger partial charge in [0.05, 0.1) is 5.54 Å². The van der Waals surface area contributed by atoms with E-state index >= 15 is 0 Å². The van der Waals surface area contributed by atoms with Crippen LogP contribution >= 0.6 is 11.3 Å². The molecule has 17 heavy (non-hydrogen) atoms. The van der Waals surface area contributed by atoms with E-state index in [1.807, 2.05) is 0 Å². The molecule has 1 aliphatic heterocycles. The number of rotatable bonds is 3. The molecule has 0 bridgehead atoms. The maximum Gasteiger partial charge on any atom is 0.113 e. The fourth-order valence-corrected chi connectivity index (χ4v) is 3.57. The van der Waals surface area contributed by atoms with Crippen molar-refractivity contribution in [3.8, 4) is 0 Å². The minimum atomic E-state index is 0.111. The van der Waals surface area contributed by atoms with Gasteiger partial charge in [0.25, 0.3) is 0 Å². The highest BCUT2D eigenvalue weighted by molar-refractivity contribution is 7.09. The molecule has 4 heteroatoms. The molecule has 0 radical (unpaired) electrons. The summed E-state index contributed by atoms with van der Waals surface area (Å²) in [6.45, 7) is 8.83. The summed E-state index contributed by atoms with van der Waals surface area (Å²) < 4.78 is 0. The summed E-state index contributed by atoms with van der Waals surface area (Å²) in [4.78, 5) is 7.13. The van der Waals surface area contributed by atoms with Crippen LogP contribution in [0.3, 0.4) is 0 Å². The number of piperidine rings is 1. The molecule has 3 nitrogen and oxygen atoms in total. The number of aromatic nitrogens is 1. The number of hydrogen-bond acceptors (Lipinski definition) is 4. The molecule has 1 aromatic heterocycles. The summed E-state index contributed by atoms with van der Waals surface area (Å²) in [6, 6.07) is 0.502. The predicted octanol–water partition coefficient (Wildman–Crippen LogP) is 2.37. The number of thiazole rings is 1. The second-order valence-corrected chi connectivity index (χ2v) is 6.34. The summed E-state index contributed by atoms with van der Waals surface area (Å²) in [5, 5.41) is 7.21. The van der Waals surface area contributed by atoms with Gasteiger partial charge >= 0.3 is 0 Å². The van der Waals surface area contributed by atoms with Crippen molar-refractivity contribution in [2.45, 2.75) is 45.2 Å². The van der Waals surface area contributed by atoms with Crippen molar-refractivity contribution in [3.05, 3.63) is 16.1 Å². The quantitative estimate of drug-likeness (QED) is 0.896. The second-order valence-electron chi connectivity index (χ2n) is 5.48. The summed E-state index contributed by atoms with van der Waals surface area (Å²) in [5.74, 6) is 0. The molecule has 1 N–H and O–H groups in total. The Labute approximate surface area is 108 Å². The molecule has 0 saturated carbocycles. The first-order valence-electron chi connectivity index (χ1n) is 6.41. The van der Waals surface area contributed by atoms with Crippen LogP contribution in [-0.4, -0.2) is 36.1 Å². The molecule has 0 spiro atoms. The Bertz CT molecular complexity index is 364. The minimum absolute atomic E-state index is 0.111. The molecule has 1 aliphatic rings. The average Bonchev–Trinajstić information content (AvgIpc) is 2.69. The summed E-state index contributed by atoms with van der Waals surface area (Å²) in [7, 11) is 2.20. The average molecular weight is 253 g/mol. The molecular formula is C13H23N3S. The third kappa shape index (κ3) is 2.87. The molecule has 1 saturated heterocycles. The monoisotopic (exact) mass is 253 g/mol. The lowest BCUT2D eigenvalue weighted by Gasteiger charge is -2.41. The van der Waals surface area contributed by atoms with Crippen LogP contribution in [0.4, 0.5) is 0 Å². The van der Waals surface area contributed by atoms with E-state index in [1.165, 1.54) is 5.01 Å². The first-order chi connectivity index (χ1) is 8.02. The smallest absolute Gasteiger partial charge is 0.113 e. The van der Waals surface area contributed by atoms with Crippen LogP contribution in [0, 0.1) is 6.92 Å². The van der Waals surface area contributed by atoms with Crippen molar-refractivity contribution in [2.24, 2.45) is 0 Å². The van der Waals surface area contributed by atoms with Crippen LogP contribution in [0.25, 0.3) is 0 Å². The number of hydrogen-bond donors (Lipinski definition) is 1. The molecule has 1 aromatic rings. The fraction of sp³-hybridized carbons (Fsp3) is 0.769. The van der Waals surface area contributed by atoms with Crippen LogP contribution in [0.1, 0.15) is 37.4 Å². The summed E-state index contributed by atoms with van der Waals surface area (Å²) in [6.07, 6.45) is 2.32. The van der Waals surface area contributed by atoms with Gasteiger partial charge < -0.3 is 10.2 Å². The van der Waals surface area contributed by atoms with Crippen LogP contribution in [-0.2, 0) is 5.54 Å². The maximum absolute atomic E-state index is 4.72. The zero-order chi connectivity index (χ0) is 12.5. The molecule has 0 aliphatic carbocycles. The molecule has 1 fully saturated rings. The lowest BCUT2D eigenvalue weighted by atomic mass is 9.87. The fourth-order valence-electron chi connectivity index (χ4n) is 2.55. The van der Waals surface area contributed by atoms with E-state index < -0.39 is 0 Å². The molecule has 0 unspecified atom stereocenters. The first-order valence-corrected chi connectivity index (χ1v) is 7.29. The summed E-state index contributed by atoms with van der Waals surface area (Å²) in [5.41, 5.74) is 1.26. The van der Waals surface area contributed by atoms with Gasteiger partial charge in [-0.2, -0.15) is 0 Å². The van der Waals surface area contributed by atoms with Crippen molar-refractivity contribution in [3.63, 3.8) is 0 Å². The Morgan fingerprint density at radius 3 is 2.53 bits per heavy atom. The highest BCUT2D eigenvalue weighted by atomic mass is 32.1. The van der Waals surface area contributed by atoms with Crippen molar-refractivity contribution in [1.82, 2.24) is 15.2 Å². The van der Waals surface area contributed by atoms with Crippen molar-refractivity contribution in [2.75, 3.05) is 20.1 Å². The lowest BCUT2D eigenvalue weighted by molar-refractivity contribution is 0.147. The minimum Gasteiger partial charge on any atom is -0.306 e. The van der Waals surface area contributed by atoms with Gasteiger partial charge in [0.1, 0.15) is 5.01 Å². The standard InChI is InChI=1S/C13H23N3S/c1-10(2)15-13(5-7-16(4)8-6-13)12-14-11(3)9-17-12/h9-10,15H,5-8H2,1-4H3. The molecule has 0 atom stereocenters. The van der Waals surface area contributed by atoms with Crippen LogP contribution in [0.5, 0.6) is 0 Å². The zero-order valence-corrected chi connectivity index (χ0v) is 12.1. The van der Waals surface area contributed by atoms with E-state index in [-0.39, 0.29) is 5.54 Å². The topological polar surface area (TPSA) is 28.2 Å². The molecule has 0 amide bonds. The van der Waals surface area contributed by atoms with E-state index in [0.29, 0.717) is 6.04 Å². The third-order valence-corrected chi connectivity index (χ3v) is 4.60. The maximum atomic E-state index is 4.72. The Balaban J connectivity index is 2.24. The van der Waals surface area contributed by atoms with Gasteiger partial charge in [-0.3, -0.25) is 0 Å². The SMILES string of the molecule is Cc1csc(C2(NC(C)C)CCN(C)CC2)n1. The second kappa shape index (κ2) is 5.04. The van der Waals surface area contributed by atoms with Crippen molar-refractivity contribution >= 4 is 11.3 Å². The normalized spacial score (nSPS) is 21.0. The third-order valence-electron chi connectivity index (χ3n) is 3.43. The Hall–Kier alpha value is -0.450. The van der Waals surface area contributed by atoms with Gasteiger partial charge in [-0.1, -0.05) is 0 Å². The zero-order valence-electron chi connectivity index (χ0n) is 11.3. The number of nitrogens with zero attached hydrogens (tertiary/aromatic N) is 2. The lowest BCUT2D eigenvalue weighted by Crippen LogP contribution is -2.52. The molecule has 0 aromatic carbocycles. The van der Waals surface area contributed by atoms with E-state index in [0.717, 1.165) is 31.6 Å². The Kier molecular flexibility index (Phi) is 3.85. The Morgan fingerprint density at radius 1 is 1.41 bits per heavy atom. The van der Waals surface area contributed by atoms with Gasteiger partial charge in [-0.25, -0.2) is 4.98 Å². The van der Waals surface area contributed by atoms with Gasteiger partial charge in [0.2, 0.25) is 0 Å². The van der Waals surface area contributed by atoms with Crippen LogP contribution in [0.15, 0.2) is 5.38 Å². The van der Waals surface area contributed by atoms with Crippen LogP contribution in [0.2, 0.25) is 0 Å². The van der Waals surface area contributed by atoms with Crippen molar-refractivity contribution < 1.29 is 0 Å². The predicted molar refractivity (Wildman–Crippen MR) is 73.5 cm³/mol. The van der Waals surface area contributed by atoms with Crippen molar-refractivity contribution in [1.29, 1.82) is 0 Å². The first kappa shape index (κ1) is 13.0. The number of aryl methyl sites for hydroxylation is 1. The van der Waals surface area contributed by atoms with Gasteiger partial charge in [0.15, 0.2) is 0 Å². The molecule has 2 rings (SSSR count). The van der Waals surface area contributed by atoms with Gasteiger partial charge in [-0.05, 0) is 40.7 Å². The number of nitrogens with one attached hydrogen (secondary N) is 1.